The van der Waals surface area contributed by atoms with E-state index in [2.05, 4.69) is 5.32 Å². The number of nitrogens with zero attached hydrogens (tertiary/aromatic N) is 1. The van der Waals surface area contributed by atoms with Gasteiger partial charge in [0.1, 0.15) is 0 Å². The molecule has 3 rings (SSSR count). The summed E-state index contributed by atoms with van der Waals surface area (Å²) in [5, 5.41) is 8.12. The van der Waals surface area contributed by atoms with Crippen LogP contribution in [-0.2, 0) is 21.2 Å². The SMILES string of the molecule is CSc1cccc(NC(=O)CN2c3ccc(S(N)(=O)=O)cc3CC2C)c1. The summed E-state index contributed by atoms with van der Waals surface area (Å²) in [5.41, 5.74) is 2.53. The number of rotatable bonds is 5. The van der Waals surface area contributed by atoms with Gasteiger partial charge >= 0.3 is 0 Å². The van der Waals surface area contributed by atoms with Crippen molar-refractivity contribution < 1.29 is 13.2 Å². The van der Waals surface area contributed by atoms with Crippen LogP contribution < -0.4 is 15.4 Å². The molecule has 2 aromatic rings. The Bertz CT molecular complexity index is 944. The average molecular weight is 392 g/mol. The molecule has 0 aromatic heterocycles. The van der Waals surface area contributed by atoms with Gasteiger partial charge in [0.25, 0.3) is 0 Å². The topological polar surface area (TPSA) is 92.5 Å². The fraction of sp³-hybridized carbons (Fsp3) is 0.278. The lowest BCUT2D eigenvalue weighted by Crippen LogP contribution is -2.37. The zero-order valence-corrected chi connectivity index (χ0v) is 16.2. The number of anilines is 2. The highest BCUT2D eigenvalue weighted by Crippen LogP contribution is 2.33. The number of carbonyl (C=O) groups is 1. The number of nitrogens with one attached hydrogen (secondary N) is 1. The fourth-order valence-electron chi connectivity index (χ4n) is 3.15. The summed E-state index contributed by atoms with van der Waals surface area (Å²) in [6.45, 7) is 2.21. The van der Waals surface area contributed by atoms with Gasteiger partial charge in [-0.2, -0.15) is 0 Å². The van der Waals surface area contributed by atoms with E-state index in [0.717, 1.165) is 21.8 Å². The molecule has 2 aromatic carbocycles. The van der Waals surface area contributed by atoms with Gasteiger partial charge in [-0.3, -0.25) is 4.79 Å². The molecule has 1 atom stereocenters. The van der Waals surface area contributed by atoms with Gasteiger partial charge in [0.05, 0.1) is 11.4 Å². The molecule has 1 aliphatic rings. The second kappa shape index (κ2) is 7.30. The highest BCUT2D eigenvalue weighted by molar-refractivity contribution is 7.98. The maximum Gasteiger partial charge on any atom is 0.243 e. The van der Waals surface area contributed by atoms with E-state index in [-0.39, 0.29) is 23.4 Å². The highest BCUT2D eigenvalue weighted by atomic mass is 32.2. The van der Waals surface area contributed by atoms with Gasteiger partial charge < -0.3 is 10.2 Å². The Balaban J connectivity index is 1.75. The Kier molecular flexibility index (Phi) is 5.27. The molecule has 1 amide bonds. The van der Waals surface area contributed by atoms with Gasteiger partial charge in [0.15, 0.2) is 0 Å². The number of hydrogen-bond donors (Lipinski definition) is 2. The van der Waals surface area contributed by atoms with Crippen LogP contribution in [0.4, 0.5) is 11.4 Å². The minimum atomic E-state index is -3.73. The second-order valence-corrected chi connectivity index (χ2v) is 8.74. The van der Waals surface area contributed by atoms with Crippen LogP contribution >= 0.6 is 11.8 Å². The quantitative estimate of drug-likeness (QED) is 0.764. The fourth-order valence-corrected chi connectivity index (χ4v) is 4.17. The number of primary sulfonamides is 1. The number of hydrogen-bond acceptors (Lipinski definition) is 5. The van der Waals surface area contributed by atoms with Crippen molar-refractivity contribution in [3.8, 4) is 0 Å². The molecule has 138 valence electrons. The summed E-state index contributed by atoms with van der Waals surface area (Å²) in [7, 11) is -3.73. The highest BCUT2D eigenvalue weighted by Gasteiger charge is 2.28. The number of thioether (sulfide) groups is 1. The summed E-state index contributed by atoms with van der Waals surface area (Å²) in [4.78, 5) is 15.6. The van der Waals surface area contributed by atoms with Gasteiger partial charge in [0.2, 0.25) is 15.9 Å². The number of sulfonamides is 1. The molecule has 0 aliphatic carbocycles. The maximum atomic E-state index is 12.5. The number of fused-ring (bicyclic) bond motifs is 1. The average Bonchev–Trinajstić information content (AvgIpc) is 2.89. The smallest absolute Gasteiger partial charge is 0.243 e. The Morgan fingerprint density at radius 1 is 1.31 bits per heavy atom. The molecule has 6 nitrogen and oxygen atoms in total. The van der Waals surface area contributed by atoms with Gasteiger partial charge in [-0.1, -0.05) is 6.07 Å². The summed E-state index contributed by atoms with van der Waals surface area (Å²) in [6.07, 6.45) is 2.66. The van der Waals surface area contributed by atoms with E-state index in [1.807, 2.05) is 42.3 Å². The molecular formula is C18H21N3O3S2. The minimum absolute atomic E-state index is 0.101. The van der Waals surface area contributed by atoms with Crippen LogP contribution in [0.1, 0.15) is 12.5 Å². The number of carbonyl (C=O) groups excluding carboxylic acids is 1. The Hall–Kier alpha value is -2.03. The van der Waals surface area contributed by atoms with Crippen molar-refractivity contribution in [1.29, 1.82) is 0 Å². The van der Waals surface area contributed by atoms with Gasteiger partial charge in [0, 0.05) is 22.3 Å². The number of nitrogens with two attached hydrogens (primary N) is 1. The Morgan fingerprint density at radius 3 is 2.77 bits per heavy atom. The van der Waals surface area contributed by atoms with E-state index in [1.165, 1.54) is 6.07 Å². The van der Waals surface area contributed by atoms with Gasteiger partial charge in [-0.15, -0.1) is 11.8 Å². The summed E-state index contributed by atoms with van der Waals surface area (Å²) < 4.78 is 23.1. The number of benzene rings is 2. The predicted octanol–water partition coefficient (Wildman–Crippen LogP) is 2.45. The molecule has 26 heavy (non-hydrogen) atoms. The summed E-state index contributed by atoms with van der Waals surface area (Å²) in [6, 6.07) is 12.6. The molecular weight excluding hydrogens is 370 g/mol. The molecule has 0 radical (unpaired) electrons. The largest absolute Gasteiger partial charge is 0.359 e. The van der Waals surface area contributed by atoms with Crippen LogP contribution in [0.2, 0.25) is 0 Å². The Labute approximate surface area is 157 Å². The summed E-state index contributed by atoms with van der Waals surface area (Å²) >= 11 is 1.62. The monoisotopic (exact) mass is 391 g/mol. The second-order valence-electron chi connectivity index (χ2n) is 6.30. The Morgan fingerprint density at radius 2 is 2.08 bits per heavy atom. The van der Waals surface area contributed by atoms with E-state index in [4.69, 9.17) is 5.14 Å². The van der Waals surface area contributed by atoms with Crippen LogP contribution in [0.5, 0.6) is 0 Å². The van der Waals surface area contributed by atoms with Crippen LogP contribution in [0.3, 0.4) is 0 Å². The van der Waals surface area contributed by atoms with Crippen molar-refractivity contribution >= 4 is 39.1 Å². The lowest BCUT2D eigenvalue weighted by molar-refractivity contribution is -0.115. The predicted molar refractivity (Wildman–Crippen MR) is 105 cm³/mol. The van der Waals surface area contributed by atoms with Crippen LogP contribution in [0.25, 0.3) is 0 Å². The molecule has 3 N–H and O–H groups in total. The zero-order valence-electron chi connectivity index (χ0n) is 14.6. The van der Waals surface area contributed by atoms with Crippen molar-refractivity contribution in [3.05, 3.63) is 48.0 Å². The third-order valence-corrected chi connectivity index (χ3v) is 6.04. The van der Waals surface area contributed by atoms with Crippen molar-refractivity contribution in [2.45, 2.75) is 29.2 Å². The zero-order chi connectivity index (χ0) is 18.9. The molecule has 1 unspecified atom stereocenters. The van der Waals surface area contributed by atoms with Crippen LogP contribution in [0.15, 0.2) is 52.3 Å². The molecule has 8 heteroatoms. The normalized spacial score (nSPS) is 16.4. The first-order valence-electron chi connectivity index (χ1n) is 8.14. The number of amides is 1. The maximum absolute atomic E-state index is 12.5. The molecule has 0 saturated carbocycles. The first-order valence-corrected chi connectivity index (χ1v) is 10.9. The van der Waals surface area contributed by atoms with Crippen molar-refractivity contribution in [1.82, 2.24) is 0 Å². The molecule has 0 bridgehead atoms. The first-order chi connectivity index (χ1) is 12.3. The first kappa shape index (κ1) is 18.8. The van der Waals surface area contributed by atoms with Crippen molar-refractivity contribution in [2.24, 2.45) is 5.14 Å². The van der Waals surface area contributed by atoms with E-state index < -0.39 is 10.0 Å². The van der Waals surface area contributed by atoms with Gasteiger partial charge in [-0.25, -0.2) is 13.6 Å². The van der Waals surface area contributed by atoms with E-state index in [0.29, 0.717) is 6.42 Å². The molecule has 1 heterocycles. The van der Waals surface area contributed by atoms with Crippen LogP contribution in [-0.4, -0.2) is 33.2 Å². The third-order valence-electron chi connectivity index (χ3n) is 4.40. The van der Waals surface area contributed by atoms with E-state index in [9.17, 15) is 13.2 Å². The van der Waals surface area contributed by atoms with Gasteiger partial charge in [-0.05, 0) is 61.6 Å². The third kappa shape index (κ3) is 4.03. The van der Waals surface area contributed by atoms with Crippen molar-refractivity contribution in [2.75, 3.05) is 23.0 Å². The van der Waals surface area contributed by atoms with E-state index >= 15 is 0 Å². The lowest BCUT2D eigenvalue weighted by atomic mass is 10.1. The van der Waals surface area contributed by atoms with Crippen molar-refractivity contribution in [3.63, 3.8) is 0 Å². The minimum Gasteiger partial charge on any atom is -0.359 e. The van der Waals surface area contributed by atoms with Crippen LogP contribution in [0, 0.1) is 0 Å². The molecule has 0 fully saturated rings. The molecule has 1 aliphatic heterocycles. The lowest BCUT2D eigenvalue weighted by Gasteiger charge is -2.24. The standard InChI is InChI=1S/C18H21N3O3S2/c1-12-8-13-9-16(26(19,23)24)6-7-17(13)21(12)11-18(22)20-14-4-3-5-15(10-14)25-2/h3-7,9-10,12H,8,11H2,1-2H3,(H,20,22)(H2,19,23,24). The molecule has 0 spiro atoms. The van der Waals surface area contributed by atoms with E-state index in [1.54, 1.807) is 23.9 Å². The summed E-state index contributed by atoms with van der Waals surface area (Å²) in [5.74, 6) is -0.113. The molecule has 0 saturated heterocycles.